The third-order valence-corrected chi connectivity index (χ3v) is 5.20. The lowest BCUT2D eigenvalue weighted by Gasteiger charge is -2.30. The van der Waals surface area contributed by atoms with Crippen molar-refractivity contribution >= 4 is 21.6 Å². The molecule has 0 saturated heterocycles. The molecule has 1 aliphatic rings. The monoisotopic (exact) mass is 347 g/mol. The molecule has 2 heterocycles. The van der Waals surface area contributed by atoms with Gasteiger partial charge in [-0.3, -0.25) is 9.78 Å². The van der Waals surface area contributed by atoms with Crippen LogP contribution in [-0.2, 0) is 21.4 Å². The summed E-state index contributed by atoms with van der Waals surface area (Å²) >= 11 is 0. The van der Waals surface area contributed by atoms with Gasteiger partial charge < -0.3 is 9.64 Å². The molecule has 1 atom stereocenters. The number of sulfonamides is 1. The lowest BCUT2D eigenvalue weighted by atomic mass is 10.2. The van der Waals surface area contributed by atoms with Gasteiger partial charge in [0.1, 0.15) is 5.75 Å². The lowest BCUT2D eigenvalue weighted by Crippen LogP contribution is -2.42. The first-order valence-electron chi connectivity index (χ1n) is 7.35. The molecular formula is C16H17N3O4S. The Morgan fingerprint density at radius 1 is 1.25 bits per heavy atom. The molecule has 2 aromatic rings. The van der Waals surface area contributed by atoms with E-state index in [4.69, 9.17) is 4.74 Å². The summed E-state index contributed by atoms with van der Waals surface area (Å²) in [6.07, 6.45) is 2.61. The van der Waals surface area contributed by atoms with Gasteiger partial charge in [-0.2, -0.15) is 0 Å². The lowest BCUT2D eigenvalue weighted by molar-refractivity contribution is -0.125. The largest absolute Gasteiger partial charge is 0.479 e. The SMILES string of the molecule is CC1Oc2ccc(S(=O)(=O)NCc3ccncc3)cc2N(C)C1=O. The van der Waals surface area contributed by atoms with Crippen LogP contribution in [0.5, 0.6) is 5.75 Å². The van der Waals surface area contributed by atoms with Crippen molar-refractivity contribution in [3.05, 3.63) is 48.3 Å². The Bertz CT molecular complexity index is 868. The standard InChI is InChI=1S/C16H17N3O4S/c1-11-16(20)19(2)14-9-13(3-4-15(14)23-11)24(21,22)18-10-12-5-7-17-8-6-12/h3-9,11,18H,10H2,1-2H3. The van der Waals surface area contributed by atoms with Crippen molar-refractivity contribution in [2.45, 2.75) is 24.5 Å². The molecule has 24 heavy (non-hydrogen) atoms. The van der Waals surface area contributed by atoms with Crippen molar-refractivity contribution in [1.82, 2.24) is 9.71 Å². The second-order valence-electron chi connectivity index (χ2n) is 5.47. The number of aromatic nitrogens is 1. The van der Waals surface area contributed by atoms with Crippen molar-refractivity contribution in [2.75, 3.05) is 11.9 Å². The number of likely N-dealkylation sites (N-methyl/N-ethyl adjacent to an activating group) is 1. The average Bonchev–Trinajstić information content (AvgIpc) is 2.59. The number of ether oxygens (including phenoxy) is 1. The number of nitrogens with one attached hydrogen (secondary N) is 1. The molecule has 0 aliphatic carbocycles. The Morgan fingerprint density at radius 2 is 1.96 bits per heavy atom. The van der Waals surface area contributed by atoms with Crippen LogP contribution in [0.3, 0.4) is 0 Å². The van der Waals surface area contributed by atoms with Crippen LogP contribution in [0.2, 0.25) is 0 Å². The molecule has 1 unspecified atom stereocenters. The summed E-state index contributed by atoms with van der Waals surface area (Å²) in [7, 11) is -2.11. The summed E-state index contributed by atoms with van der Waals surface area (Å²) < 4.78 is 33.0. The number of amides is 1. The summed E-state index contributed by atoms with van der Waals surface area (Å²) in [5.74, 6) is 0.263. The summed E-state index contributed by atoms with van der Waals surface area (Å²) in [4.78, 5) is 17.4. The third-order valence-electron chi connectivity index (χ3n) is 3.80. The van der Waals surface area contributed by atoms with Crippen molar-refractivity contribution in [3.63, 3.8) is 0 Å². The van der Waals surface area contributed by atoms with Gasteiger partial charge in [-0.05, 0) is 42.8 Å². The number of nitrogens with zero attached hydrogens (tertiary/aromatic N) is 2. The fraction of sp³-hybridized carbons (Fsp3) is 0.250. The number of anilines is 1. The Morgan fingerprint density at radius 3 is 2.67 bits per heavy atom. The van der Waals surface area contributed by atoms with Gasteiger partial charge in [0.25, 0.3) is 5.91 Å². The van der Waals surface area contributed by atoms with Gasteiger partial charge in [0.05, 0.1) is 10.6 Å². The normalized spacial score (nSPS) is 17.3. The van der Waals surface area contributed by atoms with E-state index in [-0.39, 0.29) is 17.3 Å². The molecule has 1 aliphatic heterocycles. The first kappa shape index (κ1) is 16.4. The minimum Gasteiger partial charge on any atom is -0.479 e. The number of benzene rings is 1. The third kappa shape index (κ3) is 3.10. The van der Waals surface area contributed by atoms with E-state index >= 15 is 0 Å². The van der Waals surface area contributed by atoms with Gasteiger partial charge in [0.15, 0.2) is 6.10 Å². The maximum Gasteiger partial charge on any atom is 0.267 e. The molecule has 0 spiro atoms. The molecule has 0 saturated carbocycles. The highest BCUT2D eigenvalue weighted by Crippen LogP contribution is 2.35. The van der Waals surface area contributed by atoms with Crippen LogP contribution in [0.4, 0.5) is 5.69 Å². The topological polar surface area (TPSA) is 88.6 Å². The summed E-state index contributed by atoms with van der Waals surface area (Å²) in [6.45, 7) is 1.81. The maximum absolute atomic E-state index is 12.5. The zero-order valence-electron chi connectivity index (χ0n) is 13.3. The number of hydrogen-bond acceptors (Lipinski definition) is 5. The van der Waals surface area contributed by atoms with Crippen LogP contribution >= 0.6 is 0 Å². The Kier molecular flexibility index (Phi) is 4.25. The molecule has 8 heteroatoms. The van der Waals surface area contributed by atoms with Gasteiger partial charge in [-0.1, -0.05) is 0 Å². The number of carbonyl (C=O) groups is 1. The number of fused-ring (bicyclic) bond motifs is 1. The first-order chi connectivity index (χ1) is 11.4. The van der Waals surface area contributed by atoms with Crippen LogP contribution in [0, 0.1) is 0 Å². The average molecular weight is 347 g/mol. The van der Waals surface area contributed by atoms with E-state index in [0.717, 1.165) is 5.56 Å². The van der Waals surface area contributed by atoms with E-state index in [0.29, 0.717) is 11.4 Å². The van der Waals surface area contributed by atoms with Crippen molar-refractivity contribution in [2.24, 2.45) is 0 Å². The minimum atomic E-state index is -3.71. The molecule has 0 radical (unpaired) electrons. The van der Waals surface area contributed by atoms with Crippen molar-refractivity contribution in [1.29, 1.82) is 0 Å². The number of pyridine rings is 1. The molecule has 1 aromatic carbocycles. The minimum absolute atomic E-state index is 0.0770. The highest BCUT2D eigenvalue weighted by Gasteiger charge is 2.30. The van der Waals surface area contributed by atoms with Gasteiger partial charge in [-0.25, -0.2) is 13.1 Å². The van der Waals surface area contributed by atoms with E-state index < -0.39 is 16.1 Å². The predicted octanol–water partition coefficient (Wildman–Crippen LogP) is 1.30. The van der Waals surface area contributed by atoms with Crippen LogP contribution in [0.15, 0.2) is 47.6 Å². The van der Waals surface area contributed by atoms with Crippen LogP contribution < -0.4 is 14.4 Å². The molecule has 1 amide bonds. The fourth-order valence-corrected chi connectivity index (χ4v) is 3.46. The maximum atomic E-state index is 12.5. The molecule has 126 valence electrons. The molecule has 0 fully saturated rings. The van der Waals surface area contributed by atoms with Crippen LogP contribution in [-0.4, -0.2) is 32.5 Å². The smallest absolute Gasteiger partial charge is 0.267 e. The Balaban J connectivity index is 1.85. The quantitative estimate of drug-likeness (QED) is 0.901. The van der Waals surface area contributed by atoms with Gasteiger partial charge in [0, 0.05) is 26.0 Å². The highest BCUT2D eigenvalue weighted by molar-refractivity contribution is 7.89. The summed E-state index contributed by atoms with van der Waals surface area (Å²) in [6, 6.07) is 7.93. The van der Waals surface area contributed by atoms with E-state index in [1.54, 1.807) is 44.6 Å². The zero-order valence-corrected chi connectivity index (χ0v) is 14.1. The first-order valence-corrected chi connectivity index (χ1v) is 8.83. The van der Waals surface area contributed by atoms with Crippen LogP contribution in [0.1, 0.15) is 12.5 Å². The number of hydrogen-bond donors (Lipinski definition) is 1. The molecule has 3 rings (SSSR count). The van der Waals surface area contributed by atoms with Gasteiger partial charge >= 0.3 is 0 Å². The Labute approximate surface area is 140 Å². The van der Waals surface area contributed by atoms with Crippen LogP contribution in [0.25, 0.3) is 0 Å². The van der Waals surface area contributed by atoms with E-state index in [9.17, 15) is 13.2 Å². The second kappa shape index (κ2) is 6.21. The van der Waals surface area contributed by atoms with Crippen molar-refractivity contribution < 1.29 is 17.9 Å². The molecule has 1 aromatic heterocycles. The summed E-state index contributed by atoms with van der Waals surface area (Å²) in [5.41, 5.74) is 1.24. The molecule has 0 bridgehead atoms. The zero-order chi connectivity index (χ0) is 17.3. The van der Waals surface area contributed by atoms with Gasteiger partial charge in [0.2, 0.25) is 10.0 Å². The van der Waals surface area contributed by atoms with E-state index in [1.165, 1.54) is 17.0 Å². The van der Waals surface area contributed by atoms with E-state index in [1.807, 2.05) is 0 Å². The highest BCUT2D eigenvalue weighted by atomic mass is 32.2. The van der Waals surface area contributed by atoms with Gasteiger partial charge in [-0.15, -0.1) is 0 Å². The Hall–Kier alpha value is -2.45. The molecular weight excluding hydrogens is 330 g/mol. The number of carbonyl (C=O) groups excluding carboxylic acids is 1. The second-order valence-corrected chi connectivity index (χ2v) is 7.23. The number of rotatable bonds is 4. The molecule has 7 nitrogen and oxygen atoms in total. The van der Waals surface area contributed by atoms with E-state index in [2.05, 4.69) is 9.71 Å². The predicted molar refractivity (Wildman–Crippen MR) is 88.2 cm³/mol. The molecule has 1 N–H and O–H groups in total. The fourth-order valence-electron chi connectivity index (χ4n) is 2.42. The van der Waals surface area contributed by atoms with Crippen molar-refractivity contribution in [3.8, 4) is 5.75 Å². The summed E-state index contributed by atoms with van der Waals surface area (Å²) in [5, 5.41) is 0.